The van der Waals surface area contributed by atoms with E-state index in [0.29, 0.717) is 11.7 Å². The second kappa shape index (κ2) is 8.97. The molecule has 146 valence electrons. The molecule has 0 spiro atoms. The second-order valence-electron chi connectivity index (χ2n) is 6.52. The average molecular weight is 387 g/mol. The summed E-state index contributed by atoms with van der Waals surface area (Å²) < 4.78 is 11.0. The molecule has 7 heteroatoms. The molecule has 7 nitrogen and oxygen atoms in total. The Morgan fingerprint density at radius 2 is 1.83 bits per heavy atom. The van der Waals surface area contributed by atoms with Gasteiger partial charge in [0, 0.05) is 38.1 Å². The fourth-order valence-corrected chi connectivity index (χ4v) is 2.78. The number of aromatic nitrogens is 4. The van der Waals surface area contributed by atoms with Gasteiger partial charge in [0.05, 0.1) is 5.56 Å². The van der Waals surface area contributed by atoms with Gasteiger partial charge in [0.1, 0.15) is 11.6 Å². The van der Waals surface area contributed by atoms with Crippen LogP contribution in [0.5, 0.6) is 5.75 Å². The zero-order valence-electron chi connectivity index (χ0n) is 16.1. The Kier molecular flexibility index (Phi) is 5.76. The van der Waals surface area contributed by atoms with E-state index in [-0.39, 0.29) is 6.61 Å². The number of pyridine rings is 2. The lowest BCUT2D eigenvalue weighted by molar-refractivity contribution is 0.287. The van der Waals surface area contributed by atoms with Crippen molar-refractivity contribution >= 4 is 5.82 Å². The minimum atomic E-state index is 0.245. The van der Waals surface area contributed by atoms with Crippen LogP contribution in [-0.2, 0) is 13.0 Å². The molecule has 3 heterocycles. The van der Waals surface area contributed by atoms with Crippen molar-refractivity contribution in [2.24, 2.45) is 0 Å². The van der Waals surface area contributed by atoms with Crippen molar-refractivity contribution in [1.29, 1.82) is 0 Å². The van der Waals surface area contributed by atoms with Crippen molar-refractivity contribution in [2.45, 2.75) is 13.0 Å². The monoisotopic (exact) mass is 387 g/mol. The first-order valence-electron chi connectivity index (χ1n) is 9.36. The third kappa shape index (κ3) is 4.95. The van der Waals surface area contributed by atoms with Crippen LogP contribution in [-0.4, -0.2) is 33.7 Å². The Balaban J connectivity index is 1.34. The molecule has 0 unspecified atom stereocenters. The highest BCUT2D eigenvalue weighted by Gasteiger charge is 2.11. The summed E-state index contributed by atoms with van der Waals surface area (Å²) >= 11 is 0. The van der Waals surface area contributed by atoms with Crippen LogP contribution >= 0.6 is 0 Å². The van der Waals surface area contributed by atoms with Gasteiger partial charge in [-0.25, -0.2) is 4.98 Å². The minimum Gasteiger partial charge on any atom is -0.485 e. The fourth-order valence-electron chi connectivity index (χ4n) is 2.78. The maximum Gasteiger partial charge on any atom is 0.259 e. The first-order chi connectivity index (χ1) is 14.3. The molecule has 3 aromatic heterocycles. The van der Waals surface area contributed by atoms with Crippen LogP contribution in [0.1, 0.15) is 11.5 Å². The number of anilines is 1. The molecule has 0 aliphatic rings. The second-order valence-corrected chi connectivity index (χ2v) is 6.52. The number of likely N-dealkylation sites (N-methyl/N-ethyl adjacent to an activating group) is 1. The number of ether oxygens (including phenoxy) is 1. The van der Waals surface area contributed by atoms with Crippen LogP contribution in [0.15, 0.2) is 77.6 Å². The molecule has 0 amide bonds. The summed E-state index contributed by atoms with van der Waals surface area (Å²) in [7, 11) is 2.01. The first kappa shape index (κ1) is 18.6. The van der Waals surface area contributed by atoms with Crippen LogP contribution in [0.3, 0.4) is 0 Å². The van der Waals surface area contributed by atoms with Gasteiger partial charge in [-0.05, 0) is 36.4 Å². The highest BCUT2D eigenvalue weighted by Crippen LogP contribution is 2.20. The van der Waals surface area contributed by atoms with Gasteiger partial charge >= 0.3 is 0 Å². The molecule has 0 bridgehead atoms. The Morgan fingerprint density at radius 3 is 2.59 bits per heavy atom. The number of benzene rings is 1. The third-order valence-electron chi connectivity index (χ3n) is 4.39. The summed E-state index contributed by atoms with van der Waals surface area (Å²) in [6.07, 6.45) is 4.41. The number of rotatable bonds is 8. The number of hydrogen-bond donors (Lipinski definition) is 0. The topological polar surface area (TPSA) is 77.2 Å². The number of hydrogen-bond acceptors (Lipinski definition) is 7. The predicted molar refractivity (Wildman–Crippen MR) is 110 cm³/mol. The largest absolute Gasteiger partial charge is 0.485 e. The van der Waals surface area contributed by atoms with E-state index in [1.165, 1.54) is 0 Å². The van der Waals surface area contributed by atoms with E-state index in [1.54, 1.807) is 6.20 Å². The van der Waals surface area contributed by atoms with E-state index < -0.39 is 0 Å². The molecule has 0 radical (unpaired) electrons. The van der Waals surface area contributed by atoms with Crippen LogP contribution in [0, 0.1) is 0 Å². The van der Waals surface area contributed by atoms with Crippen LogP contribution in [0.4, 0.5) is 5.82 Å². The van der Waals surface area contributed by atoms with Gasteiger partial charge in [0.25, 0.3) is 5.89 Å². The van der Waals surface area contributed by atoms with Crippen molar-refractivity contribution < 1.29 is 9.26 Å². The van der Waals surface area contributed by atoms with Crippen molar-refractivity contribution in [3.63, 3.8) is 0 Å². The third-order valence-corrected chi connectivity index (χ3v) is 4.39. The Bertz CT molecular complexity index is 1020. The SMILES string of the molecule is CN(CCc1ccccn1)c1ccc(-c2nc(COc3ccccc3)no2)cn1. The van der Waals surface area contributed by atoms with Gasteiger partial charge in [-0.2, -0.15) is 4.98 Å². The maximum absolute atomic E-state index is 5.64. The van der Waals surface area contributed by atoms with Crippen molar-refractivity contribution in [3.05, 3.63) is 84.6 Å². The molecule has 0 saturated heterocycles. The van der Waals surface area contributed by atoms with Gasteiger partial charge in [0.2, 0.25) is 5.82 Å². The molecule has 1 aromatic carbocycles. The van der Waals surface area contributed by atoms with Crippen LogP contribution < -0.4 is 9.64 Å². The van der Waals surface area contributed by atoms with Crippen molar-refractivity contribution in [1.82, 2.24) is 20.1 Å². The molecular formula is C22H21N5O2. The predicted octanol–water partition coefficient (Wildman–Crippen LogP) is 3.78. The lowest BCUT2D eigenvalue weighted by atomic mass is 10.2. The quantitative estimate of drug-likeness (QED) is 0.455. The molecule has 4 aromatic rings. The molecule has 0 aliphatic carbocycles. The Morgan fingerprint density at radius 1 is 0.966 bits per heavy atom. The Hall–Kier alpha value is -3.74. The van der Waals surface area contributed by atoms with E-state index in [1.807, 2.05) is 73.9 Å². The van der Waals surface area contributed by atoms with Gasteiger partial charge in [-0.15, -0.1) is 0 Å². The van der Waals surface area contributed by atoms with E-state index in [2.05, 4.69) is 25.0 Å². The summed E-state index contributed by atoms with van der Waals surface area (Å²) in [5.74, 6) is 2.54. The summed E-state index contributed by atoms with van der Waals surface area (Å²) in [6.45, 7) is 1.07. The smallest absolute Gasteiger partial charge is 0.259 e. The highest BCUT2D eigenvalue weighted by molar-refractivity contribution is 5.54. The van der Waals surface area contributed by atoms with Gasteiger partial charge in [0.15, 0.2) is 6.61 Å². The van der Waals surface area contributed by atoms with Crippen LogP contribution in [0.2, 0.25) is 0 Å². The fraction of sp³-hybridized carbons (Fsp3) is 0.182. The number of para-hydroxylation sites is 1. The lowest BCUT2D eigenvalue weighted by Crippen LogP contribution is -2.21. The molecule has 29 heavy (non-hydrogen) atoms. The van der Waals surface area contributed by atoms with Gasteiger partial charge in [-0.1, -0.05) is 29.4 Å². The standard InChI is InChI=1S/C22H21N5O2/c1-27(14-12-18-7-5-6-13-23-18)21-11-10-17(15-24-21)22-25-20(26-29-22)16-28-19-8-3-2-4-9-19/h2-11,13,15H,12,14,16H2,1H3. The van der Waals surface area contributed by atoms with E-state index in [0.717, 1.165) is 35.8 Å². The normalized spacial score (nSPS) is 10.7. The summed E-state index contributed by atoms with van der Waals surface area (Å²) in [5.41, 5.74) is 1.83. The van der Waals surface area contributed by atoms with Gasteiger partial charge in [-0.3, -0.25) is 4.98 Å². The molecular weight excluding hydrogens is 366 g/mol. The lowest BCUT2D eigenvalue weighted by Gasteiger charge is -2.17. The van der Waals surface area contributed by atoms with Crippen LogP contribution in [0.25, 0.3) is 11.5 Å². The summed E-state index contributed by atoms with van der Waals surface area (Å²) in [6, 6.07) is 19.3. The van der Waals surface area contributed by atoms with E-state index >= 15 is 0 Å². The molecule has 0 atom stereocenters. The molecule has 0 saturated carbocycles. The molecule has 0 N–H and O–H groups in total. The summed E-state index contributed by atoms with van der Waals surface area (Å²) in [5, 5.41) is 3.97. The highest BCUT2D eigenvalue weighted by atomic mass is 16.5. The average Bonchev–Trinajstić information content (AvgIpc) is 3.27. The summed E-state index contributed by atoms with van der Waals surface area (Å²) in [4.78, 5) is 15.3. The maximum atomic E-state index is 5.64. The zero-order valence-corrected chi connectivity index (χ0v) is 16.1. The van der Waals surface area contributed by atoms with E-state index in [9.17, 15) is 0 Å². The molecule has 0 aliphatic heterocycles. The zero-order chi connectivity index (χ0) is 19.9. The van der Waals surface area contributed by atoms with Crippen molar-refractivity contribution in [3.8, 4) is 17.2 Å². The first-order valence-corrected chi connectivity index (χ1v) is 9.36. The van der Waals surface area contributed by atoms with Crippen molar-refractivity contribution in [2.75, 3.05) is 18.5 Å². The Labute approximate surface area is 169 Å². The molecule has 0 fully saturated rings. The van der Waals surface area contributed by atoms with E-state index in [4.69, 9.17) is 9.26 Å². The minimum absolute atomic E-state index is 0.245. The number of nitrogens with zero attached hydrogens (tertiary/aromatic N) is 5. The van der Waals surface area contributed by atoms with Gasteiger partial charge < -0.3 is 14.2 Å². The molecule has 4 rings (SSSR count).